The van der Waals surface area contributed by atoms with Gasteiger partial charge in [-0.05, 0) is 48.2 Å². The van der Waals surface area contributed by atoms with Gasteiger partial charge < -0.3 is 5.32 Å². The van der Waals surface area contributed by atoms with Crippen molar-refractivity contribution in [3.63, 3.8) is 0 Å². The molecular formula is C18H24BrNS. The molecule has 0 saturated heterocycles. The number of nitrogens with one attached hydrogen (secondary N) is 1. The van der Waals surface area contributed by atoms with Gasteiger partial charge in [-0.25, -0.2) is 0 Å². The Labute approximate surface area is 140 Å². The minimum atomic E-state index is 0.214. The normalized spacial score (nSPS) is 13.4. The van der Waals surface area contributed by atoms with Gasteiger partial charge in [-0.3, -0.25) is 0 Å². The van der Waals surface area contributed by atoms with Crippen LogP contribution in [0.4, 0.5) is 0 Å². The second-order valence-corrected chi connectivity index (χ2v) is 8.37. The molecule has 1 nitrogen and oxygen atoms in total. The van der Waals surface area contributed by atoms with Gasteiger partial charge in [0.2, 0.25) is 0 Å². The molecular weight excluding hydrogens is 342 g/mol. The highest BCUT2D eigenvalue weighted by Crippen LogP contribution is 2.36. The SMILES string of the molecule is CCNC(c1ccc(C(C)(C)C)s1)c1cccc(Br)c1C. The van der Waals surface area contributed by atoms with Gasteiger partial charge in [0, 0.05) is 14.2 Å². The first-order chi connectivity index (χ1) is 9.84. The van der Waals surface area contributed by atoms with Crippen LogP contribution >= 0.6 is 27.3 Å². The lowest BCUT2D eigenvalue weighted by Gasteiger charge is -2.21. The molecule has 0 fully saturated rings. The van der Waals surface area contributed by atoms with Crippen LogP contribution in [-0.2, 0) is 5.41 Å². The molecule has 0 saturated carbocycles. The monoisotopic (exact) mass is 365 g/mol. The molecule has 0 aliphatic rings. The first-order valence-electron chi connectivity index (χ1n) is 7.43. The molecule has 0 amide bonds. The molecule has 2 aromatic rings. The van der Waals surface area contributed by atoms with Crippen molar-refractivity contribution in [3.05, 3.63) is 55.7 Å². The number of rotatable bonds is 4. The Bertz CT molecular complexity index is 610. The van der Waals surface area contributed by atoms with Crippen molar-refractivity contribution in [2.24, 2.45) is 0 Å². The average Bonchev–Trinajstić information content (AvgIpc) is 2.89. The minimum Gasteiger partial charge on any atom is -0.306 e. The van der Waals surface area contributed by atoms with Crippen molar-refractivity contribution in [1.29, 1.82) is 0 Å². The Kier molecular flexibility index (Phi) is 5.29. The van der Waals surface area contributed by atoms with Crippen LogP contribution in [0.15, 0.2) is 34.8 Å². The largest absolute Gasteiger partial charge is 0.306 e. The lowest BCUT2D eigenvalue weighted by Crippen LogP contribution is -2.22. The van der Waals surface area contributed by atoms with Crippen LogP contribution < -0.4 is 5.32 Å². The smallest absolute Gasteiger partial charge is 0.0674 e. The van der Waals surface area contributed by atoms with E-state index in [1.807, 2.05) is 11.3 Å². The zero-order chi connectivity index (χ0) is 15.6. The van der Waals surface area contributed by atoms with Gasteiger partial charge >= 0.3 is 0 Å². The first kappa shape index (κ1) is 16.7. The van der Waals surface area contributed by atoms with Crippen LogP contribution in [0, 0.1) is 6.92 Å². The van der Waals surface area contributed by atoms with E-state index in [-0.39, 0.29) is 11.5 Å². The Morgan fingerprint density at radius 2 is 1.90 bits per heavy atom. The highest BCUT2D eigenvalue weighted by atomic mass is 79.9. The second kappa shape index (κ2) is 6.64. The second-order valence-electron chi connectivity index (χ2n) is 6.40. The van der Waals surface area contributed by atoms with Gasteiger partial charge in [-0.15, -0.1) is 11.3 Å². The molecule has 1 aromatic heterocycles. The van der Waals surface area contributed by atoms with Crippen LogP contribution in [0.1, 0.15) is 54.6 Å². The summed E-state index contributed by atoms with van der Waals surface area (Å²) in [6.45, 7) is 12.1. The molecule has 0 radical (unpaired) electrons. The zero-order valence-electron chi connectivity index (χ0n) is 13.5. The molecule has 2 rings (SSSR count). The molecule has 21 heavy (non-hydrogen) atoms. The number of hydrogen-bond donors (Lipinski definition) is 1. The maximum absolute atomic E-state index is 3.65. The maximum atomic E-state index is 3.65. The third-order valence-corrected chi connectivity index (χ3v) is 6.11. The van der Waals surface area contributed by atoms with Crippen LogP contribution in [0.5, 0.6) is 0 Å². The summed E-state index contributed by atoms with van der Waals surface area (Å²) in [5, 5.41) is 3.64. The van der Waals surface area contributed by atoms with Crippen LogP contribution in [-0.4, -0.2) is 6.54 Å². The molecule has 1 N–H and O–H groups in total. The summed E-state index contributed by atoms with van der Waals surface area (Å²) in [6.07, 6.45) is 0. The summed E-state index contributed by atoms with van der Waals surface area (Å²) < 4.78 is 1.18. The van der Waals surface area contributed by atoms with Crippen LogP contribution in [0.2, 0.25) is 0 Å². The number of halogens is 1. The van der Waals surface area contributed by atoms with E-state index in [1.165, 1.54) is 25.4 Å². The van der Waals surface area contributed by atoms with Crippen molar-refractivity contribution < 1.29 is 0 Å². The molecule has 1 atom stereocenters. The average molecular weight is 366 g/mol. The van der Waals surface area contributed by atoms with Gasteiger partial charge in [0.15, 0.2) is 0 Å². The Morgan fingerprint density at radius 3 is 2.48 bits per heavy atom. The molecule has 114 valence electrons. The van der Waals surface area contributed by atoms with Gasteiger partial charge in [-0.1, -0.05) is 55.8 Å². The van der Waals surface area contributed by atoms with E-state index in [4.69, 9.17) is 0 Å². The Hall–Kier alpha value is -0.640. The molecule has 0 aliphatic carbocycles. The van der Waals surface area contributed by atoms with E-state index in [9.17, 15) is 0 Å². The third-order valence-electron chi connectivity index (χ3n) is 3.68. The predicted octanol–water partition coefficient (Wildman–Crippen LogP) is 5.82. The highest BCUT2D eigenvalue weighted by Gasteiger charge is 2.21. The van der Waals surface area contributed by atoms with Gasteiger partial charge in [0.1, 0.15) is 0 Å². The predicted molar refractivity (Wildman–Crippen MR) is 97.4 cm³/mol. The highest BCUT2D eigenvalue weighted by molar-refractivity contribution is 9.10. The van der Waals surface area contributed by atoms with E-state index >= 15 is 0 Å². The summed E-state index contributed by atoms with van der Waals surface area (Å²) in [7, 11) is 0. The summed E-state index contributed by atoms with van der Waals surface area (Å²) in [4.78, 5) is 2.83. The van der Waals surface area contributed by atoms with Gasteiger partial charge in [0.05, 0.1) is 6.04 Å². The van der Waals surface area contributed by atoms with Crippen molar-refractivity contribution in [2.75, 3.05) is 6.54 Å². The van der Waals surface area contributed by atoms with E-state index in [0.717, 1.165) is 6.54 Å². The quantitative estimate of drug-likeness (QED) is 0.719. The third kappa shape index (κ3) is 3.77. The Balaban J connectivity index is 2.44. The molecule has 0 spiro atoms. The summed E-state index contributed by atoms with van der Waals surface area (Å²) in [5.74, 6) is 0. The van der Waals surface area contributed by atoms with E-state index in [0.29, 0.717) is 0 Å². The van der Waals surface area contributed by atoms with Gasteiger partial charge in [0.25, 0.3) is 0 Å². The van der Waals surface area contributed by atoms with Crippen LogP contribution in [0.3, 0.4) is 0 Å². The topological polar surface area (TPSA) is 12.0 Å². The number of hydrogen-bond acceptors (Lipinski definition) is 2. The molecule has 0 aliphatic heterocycles. The zero-order valence-corrected chi connectivity index (χ0v) is 15.9. The number of thiophene rings is 1. The number of benzene rings is 1. The summed E-state index contributed by atoms with van der Waals surface area (Å²) in [5.41, 5.74) is 2.88. The van der Waals surface area contributed by atoms with Crippen molar-refractivity contribution >= 4 is 27.3 Å². The minimum absolute atomic E-state index is 0.214. The lowest BCUT2D eigenvalue weighted by molar-refractivity contribution is 0.604. The molecule has 3 heteroatoms. The fraction of sp³-hybridized carbons (Fsp3) is 0.444. The Morgan fingerprint density at radius 1 is 1.19 bits per heavy atom. The molecule has 1 unspecified atom stereocenters. The standard InChI is InChI=1S/C18H24BrNS/c1-6-20-17(13-8-7-9-14(19)12(13)2)15-10-11-16(21-15)18(3,4)5/h7-11,17,20H,6H2,1-5H3. The van der Waals surface area contributed by atoms with E-state index in [1.54, 1.807) is 0 Å². The maximum Gasteiger partial charge on any atom is 0.0674 e. The van der Waals surface area contributed by atoms with Crippen LogP contribution in [0.25, 0.3) is 0 Å². The molecule has 1 heterocycles. The lowest BCUT2D eigenvalue weighted by atomic mass is 9.94. The van der Waals surface area contributed by atoms with Crippen molar-refractivity contribution in [1.82, 2.24) is 5.32 Å². The fourth-order valence-corrected chi connectivity index (χ4v) is 3.96. The van der Waals surface area contributed by atoms with Crippen molar-refractivity contribution in [2.45, 2.75) is 46.1 Å². The van der Waals surface area contributed by atoms with Gasteiger partial charge in [-0.2, -0.15) is 0 Å². The molecule has 0 bridgehead atoms. The summed E-state index contributed by atoms with van der Waals surface area (Å²) in [6, 6.07) is 11.3. The van der Waals surface area contributed by atoms with E-state index < -0.39 is 0 Å². The first-order valence-corrected chi connectivity index (χ1v) is 9.04. The van der Waals surface area contributed by atoms with E-state index in [2.05, 4.69) is 86.2 Å². The summed E-state index contributed by atoms with van der Waals surface area (Å²) >= 11 is 5.57. The molecule has 1 aromatic carbocycles. The van der Waals surface area contributed by atoms with Crippen molar-refractivity contribution in [3.8, 4) is 0 Å². The fourth-order valence-electron chi connectivity index (χ4n) is 2.42.